The van der Waals surface area contributed by atoms with Crippen molar-refractivity contribution in [3.05, 3.63) is 23.9 Å². The van der Waals surface area contributed by atoms with Gasteiger partial charge in [0, 0.05) is 25.3 Å². The van der Waals surface area contributed by atoms with E-state index in [1.165, 1.54) is 6.42 Å². The highest BCUT2D eigenvalue weighted by atomic mass is 15.2. The SMILES string of the molecule is CC(N)C1CCCN(c2ccc(C#N)cn2)C1. The zero-order valence-corrected chi connectivity index (χ0v) is 10.1. The molecule has 2 unspecified atom stereocenters. The molecule has 90 valence electrons. The van der Waals surface area contributed by atoms with Crippen molar-refractivity contribution in [1.29, 1.82) is 5.26 Å². The van der Waals surface area contributed by atoms with Gasteiger partial charge in [-0.1, -0.05) is 0 Å². The summed E-state index contributed by atoms with van der Waals surface area (Å²) in [6, 6.07) is 6.05. The Hall–Kier alpha value is -1.60. The summed E-state index contributed by atoms with van der Waals surface area (Å²) in [6.45, 7) is 4.07. The lowest BCUT2D eigenvalue weighted by Gasteiger charge is -2.35. The number of aromatic nitrogens is 1. The smallest absolute Gasteiger partial charge is 0.128 e. The first kappa shape index (κ1) is 11.9. The number of nitrogens with two attached hydrogens (primary N) is 1. The Labute approximate surface area is 102 Å². The fraction of sp³-hybridized carbons (Fsp3) is 0.538. The fourth-order valence-electron chi connectivity index (χ4n) is 2.29. The number of piperidine rings is 1. The Balaban J connectivity index is 2.08. The van der Waals surface area contributed by atoms with Crippen molar-refractivity contribution in [2.45, 2.75) is 25.8 Å². The minimum atomic E-state index is 0.233. The minimum Gasteiger partial charge on any atom is -0.356 e. The summed E-state index contributed by atoms with van der Waals surface area (Å²) in [6.07, 6.45) is 3.99. The maximum absolute atomic E-state index is 8.73. The van der Waals surface area contributed by atoms with Crippen LogP contribution in [-0.2, 0) is 0 Å². The third-order valence-corrected chi connectivity index (χ3v) is 3.40. The van der Waals surface area contributed by atoms with Crippen molar-refractivity contribution >= 4 is 5.82 Å². The number of hydrogen-bond donors (Lipinski definition) is 1. The highest BCUT2D eigenvalue weighted by Gasteiger charge is 2.23. The van der Waals surface area contributed by atoms with Crippen LogP contribution in [0.2, 0.25) is 0 Å². The number of pyridine rings is 1. The first-order chi connectivity index (χ1) is 8.20. The van der Waals surface area contributed by atoms with Crippen LogP contribution in [0.1, 0.15) is 25.3 Å². The van der Waals surface area contributed by atoms with Crippen molar-refractivity contribution < 1.29 is 0 Å². The molecule has 1 aliphatic heterocycles. The Morgan fingerprint density at radius 2 is 2.41 bits per heavy atom. The monoisotopic (exact) mass is 230 g/mol. The van der Waals surface area contributed by atoms with E-state index in [2.05, 4.69) is 22.9 Å². The lowest BCUT2D eigenvalue weighted by molar-refractivity contribution is 0.363. The van der Waals surface area contributed by atoms with Crippen molar-refractivity contribution in [3.8, 4) is 6.07 Å². The molecule has 2 heterocycles. The molecule has 2 atom stereocenters. The molecule has 0 radical (unpaired) electrons. The average molecular weight is 230 g/mol. The highest BCUT2D eigenvalue weighted by molar-refractivity contribution is 5.42. The predicted octanol–water partition coefficient (Wildman–Crippen LogP) is 1.52. The van der Waals surface area contributed by atoms with Gasteiger partial charge in [-0.15, -0.1) is 0 Å². The van der Waals surface area contributed by atoms with Crippen LogP contribution in [0.3, 0.4) is 0 Å². The first-order valence-corrected chi connectivity index (χ1v) is 6.07. The highest BCUT2D eigenvalue weighted by Crippen LogP contribution is 2.23. The van der Waals surface area contributed by atoms with Crippen molar-refractivity contribution in [1.82, 2.24) is 4.98 Å². The molecule has 0 bridgehead atoms. The molecule has 1 aromatic heterocycles. The maximum atomic E-state index is 8.73. The van der Waals surface area contributed by atoms with Crippen molar-refractivity contribution in [3.63, 3.8) is 0 Å². The summed E-state index contributed by atoms with van der Waals surface area (Å²) >= 11 is 0. The van der Waals surface area contributed by atoms with E-state index in [-0.39, 0.29) is 6.04 Å². The summed E-state index contributed by atoms with van der Waals surface area (Å²) < 4.78 is 0. The van der Waals surface area contributed by atoms with Crippen LogP contribution < -0.4 is 10.6 Å². The van der Waals surface area contributed by atoms with E-state index >= 15 is 0 Å². The molecular formula is C13H18N4. The summed E-state index contributed by atoms with van der Waals surface area (Å²) in [7, 11) is 0. The Morgan fingerprint density at radius 1 is 1.59 bits per heavy atom. The van der Waals surface area contributed by atoms with E-state index < -0.39 is 0 Å². The molecule has 0 aliphatic carbocycles. The van der Waals surface area contributed by atoms with Gasteiger partial charge in [0.2, 0.25) is 0 Å². The molecule has 0 spiro atoms. The van der Waals surface area contributed by atoms with Crippen LogP contribution in [0.25, 0.3) is 0 Å². The normalized spacial score (nSPS) is 21.9. The third-order valence-electron chi connectivity index (χ3n) is 3.40. The summed E-state index contributed by atoms with van der Waals surface area (Å²) in [5.41, 5.74) is 6.57. The molecule has 1 fully saturated rings. The van der Waals surface area contributed by atoms with Gasteiger partial charge in [-0.05, 0) is 37.8 Å². The molecule has 2 rings (SSSR count). The standard InChI is InChI=1S/C13H18N4/c1-10(15)12-3-2-6-17(9-12)13-5-4-11(7-14)8-16-13/h4-5,8,10,12H,2-3,6,9,15H2,1H3. The summed E-state index contributed by atoms with van der Waals surface area (Å²) in [4.78, 5) is 6.59. The van der Waals surface area contributed by atoms with Gasteiger partial charge in [0.1, 0.15) is 11.9 Å². The molecule has 4 nitrogen and oxygen atoms in total. The molecule has 0 aromatic carbocycles. The van der Waals surface area contributed by atoms with E-state index in [9.17, 15) is 0 Å². The molecule has 1 aliphatic rings. The Kier molecular flexibility index (Phi) is 3.60. The topological polar surface area (TPSA) is 65.9 Å². The molecule has 0 amide bonds. The molecule has 0 saturated carbocycles. The lowest BCUT2D eigenvalue weighted by atomic mass is 9.92. The van der Waals surface area contributed by atoms with E-state index in [1.807, 2.05) is 12.1 Å². The first-order valence-electron chi connectivity index (χ1n) is 6.07. The second-order valence-corrected chi connectivity index (χ2v) is 4.72. The molecule has 1 aromatic rings. The molecule has 1 saturated heterocycles. The van der Waals surface area contributed by atoms with Crippen molar-refractivity contribution in [2.75, 3.05) is 18.0 Å². The van der Waals surface area contributed by atoms with E-state index in [0.29, 0.717) is 11.5 Å². The Morgan fingerprint density at radius 3 is 3.00 bits per heavy atom. The minimum absolute atomic E-state index is 0.233. The van der Waals surface area contributed by atoms with Crippen molar-refractivity contribution in [2.24, 2.45) is 11.7 Å². The lowest BCUT2D eigenvalue weighted by Crippen LogP contribution is -2.42. The van der Waals surface area contributed by atoms with Crippen LogP contribution in [-0.4, -0.2) is 24.1 Å². The van der Waals surface area contributed by atoms with Gasteiger partial charge in [0.15, 0.2) is 0 Å². The van der Waals surface area contributed by atoms with Crippen LogP contribution in [0, 0.1) is 17.2 Å². The summed E-state index contributed by atoms with van der Waals surface area (Å²) in [5.74, 6) is 1.50. The number of anilines is 1. The van der Waals surface area contributed by atoms with Crippen LogP contribution >= 0.6 is 0 Å². The summed E-state index contributed by atoms with van der Waals surface area (Å²) in [5, 5.41) is 8.73. The van der Waals surface area contributed by atoms with Gasteiger partial charge in [0.05, 0.1) is 5.56 Å². The van der Waals surface area contributed by atoms with Gasteiger partial charge >= 0.3 is 0 Å². The second-order valence-electron chi connectivity index (χ2n) is 4.72. The zero-order valence-electron chi connectivity index (χ0n) is 10.1. The second kappa shape index (κ2) is 5.15. The largest absolute Gasteiger partial charge is 0.356 e. The maximum Gasteiger partial charge on any atom is 0.128 e. The molecule has 2 N–H and O–H groups in total. The average Bonchev–Trinajstić information content (AvgIpc) is 2.39. The van der Waals surface area contributed by atoms with Gasteiger partial charge in [-0.3, -0.25) is 0 Å². The van der Waals surface area contributed by atoms with Gasteiger partial charge < -0.3 is 10.6 Å². The van der Waals surface area contributed by atoms with E-state index in [4.69, 9.17) is 11.0 Å². The molecular weight excluding hydrogens is 212 g/mol. The quantitative estimate of drug-likeness (QED) is 0.836. The number of rotatable bonds is 2. The van der Waals surface area contributed by atoms with Crippen LogP contribution in [0.4, 0.5) is 5.82 Å². The Bertz CT molecular complexity index is 404. The fourth-order valence-corrected chi connectivity index (χ4v) is 2.29. The van der Waals surface area contributed by atoms with Crippen LogP contribution in [0.15, 0.2) is 18.3 Å². The number of nitriles is 1. The zero-order chi connectivity index (χ0) is 12.3. The molecule has 4 heteroatoms. The van der Waals surface area contributed by atoms with Gasteiger partial charge in [-0.2, -0.15) is 5.26 Å². The van der Waals surface area contributed by atoms with Gasteiger partial charge in [0.25, 0.3) is 0 Å². The van der Waals surface area contributed by atoms with Gasteiger partial charge in [-0.25, -0.2) is 4.98 Å². The number of hydrogen-bond acceptors (Lipinski definition) is 4. The molecule has 17 heavy (non-hydrogen) atoms. The third kappa shape index (κ3) is 2.75. The van der Waals surface area contributed by atoms with Crippen LogP contribution in [0.5, 0.6) is 0 Å². The van der Waals surface area contributed by atoms with E-state index in [0.717, 1.165) is 25.3 Å². The number of nitrogens with zero attached hydrogens (tertiary/aromatic N) is 3. The van der Waals surface area contributed by atoms with E-state index in [1.54, 1.807) is 6.20 Å². The predicted molar refractivity (Wildman–Crippen MR) is 67.5 cm³/mol.